The highest BCUT2D eigenvalue weighted by Crippen LogP contribution is 2.15. The molecule has 0 aromatic heterocycles. The molecule has 1 aliphatic heterocycles. The van der Waals surface area contributed by atoms with Crippen LogP contribution in [-0.2, 0) is 14.4 Å². The van der Waals surface area contributed by atoms with Crippen molar-refractivity contribution in [3.63, 3.8) is 0 Å². The van der Waals surface area contributed by atoms with Gasteiger partial charge in [0.1, 0.15) is 0 Å². The number of nitrogens with one attached hydrogen (secondary N) is 1. The number of hydrogen-bond acceptors (Lipinski definition) is 5. The third kappa shape index (κ3) is 7.10. The highest BCUT2D eigenvalue weighted by atomic mass is 35.5. The van der Waals surface area contributed by atoms with Crippen LogP contribution in [0, 0.1) is 5.92 Å². The summed E-state index contributed by atoms with van der Waals surface area (Å²) in [6, 6.07) is 6.66. The summed E-state index contributed by atoms with van der Waals surface area (Å²) in [5, 5.41) is 12.8. The highest BCUT2D eigenvalue weighted by Gasteiger charge is 2.27. The fraction of sp³-hybridized carbons (Fsp3) is 0.526. The number of likely N-dealkylation sites (N-methyl/N-ethyl adjacent to an activating group) is 1. The van der Waals surface area contributed by atoms with Gasteiger partial charge in [-0.25, -0.2) is 0 Å². The SMILES string of the molecule is CN(C)C(=O)CN1CCN(C[C@H](CC(=O)Nc2ccc(Cl)cc2)C(=O)O)CC1. The van der Waals surface area contributed by atoms with Crippen LogP contribution in [0.25, 0.3) is 0 Å². The van der Waals surface area contributed by atoms with E-state index in [2.05, 4.69) is 10.2 Å². The van der Waals surface area contributed by atoms with Crippen molar-refractivity contribution in [3.05, 3.63) is 29.3 Å². The van der Waals surface area contributed by atoms with E-state index in [0.717, 1.165) is 0 Å². The van der Waals surface area contributed by atoms with Gasteiger partial charge in [-0.05, 0) is 24.3 Å². The number of benzene rings is 1. The first-order valence-corrected chi connectivity index (χ1v) is 9.55. The van der Waals surface area contributed by atoms with Crippen molar-refractivity contribution in [1.82, 2.24) is 14.7 Å². The van der Waals surface area contributed by atoms with Crippen molar-refractivity contribution in [1.29, 1.82) is 0 Å². The lowest BCUT2D eigenvalue weighted by Crippen LogP contribution is -2.50. The van der Waals surface area contributed by atoms with Crippen LogP contribution in [0.5, 0.6) is 0 Å². The van der Waals surface area contributed by atoms with Gasteiger partial charge in [0.2, 0.25) is 11.8 Å². The Morgan fingerprint density at radius 2 is 1.68 bits per heavy atom. The molecule has 2 rings (SSSR count). The number of hydrogen-bond donors (Lipinski definition) is 2. The molecular weight excluding hydrogens is 384 g/mol. The fourth-order valence-electron chi connectivity index (χ4n) is 2.97. The molecule has 9 heteroatoms. The highest BCUT2D eigenvalue weighted by molar-refractivity contribution is 6.30. The summed E-state index contributed by atoms with van der Waals surface area (Å²) in [6.07, 6.45) is -0.0999. The van der Waals surface area contributed by atoms with Gasteiger partial charge in [0, 0.05) is 63.9 Å². The Labute approximate surface area is 170 Å². The third-order valence-corrected chi connectivity index (χ3v) is 4.96. The summed E-state index contributed by atoms with van der Waals surface area (Å²) >= 11 is 5.82. The van der Waals surface area contributed by atoms with Gasteiger partial charge in [-0.3, -0.25) is 24.2 Å². The molecule has 2 amide bonds. The van der Waals surface area contributed by atoms with Gasteiger partial charge in [-0.15, -0.1) is 0 Å². The van der Waals surface area contributed by atoms with Crippen LogP contribution in [0.2, 0.25) is 5.02 Å². The van der Waals surface area contributed by atoms with Crippen molar-refractivity contribution in [3.8, 4) is 0 Å². The smallest absolute Gasteiger partial charge is 0.308 e. The third-order valence-electron chi connectivity index (χ3n) is 4.71. The first-order valence-electron chi connectivity index (χ1n) is 9.17. The molecule has 0 unspecified atom stereocenters. The molecule has 2 N–H and O–H groups in total. The van der Waals surface area contributed by atoms with E-state index in [-0.39, 0.29) is 18.2 Å². The number of carbonyl (C=O) groups is 3. The monoisotopic (exact) mass is 410 g/mol. The van der Waals surface area contributed by atoms with Crippen molar-refractivity contribution in [2.24, 2.45) is 5.92 Å². The van der Waals surface area contributed by atoms with Crippen molar-refractivity contribution < 1.29 is 19.5 Å². The lowest BCUT2D eigenvalue weighted by molar-refractivity contribution is -0.144. The minimum Gasteiger partial charge on any atom is -0.481 e. The molecule has 1 fully saturated rings. The number of carboxylic acids is 1. The van der Waals surface area contributed by atoms with Crippen LogP contribution in [0.1, 0.15) is 6.42 Å². The molecule has 1 saturated heterocycles. The van der Waals surface area contributed by atoms with Gasteiger partial charge in [0.05, 0.1) is 12.5 Å². The van der Waals surface area contributed by atoms with Gasteiger partial charge >= 0.3 is 5.97 Å². The van der Waals surface area contributed by atoms with Gasteiger partial charge in [-0.2, -0.15) is 0 Å². The average molecular weight is 411 g/mol. The Hall–Kier alpha value is -2.16. The molecule has 1 atom stereocenters. The van der Waals surface area contributed by atoms with Crippen LogP contribution in [0.15, 0.2) is 24.3 Å². The predicted molar refractivity (Wildman–Crippen MR) is 107 cm³/mol. The number of nitrogens with zero attached hydrogens (tertiary/aromatic N) is 3. The lowest BCUT2D eigenvalue weighted by atomic mass is 10.0. The van der Waals surface area contributed by atoms with Crippen molar-refractivity contribution in [2.75, 3.05) is 58.7 Å². The standard InChI is InChI=1S/C19H27ClN4O4/c1-22(2)18(26)13-24-9-7-23(8-10-24)12-14(19(27)28)11-17(25)21-16-5-3-15(20)4-6-16/h3-6,14H,7-13H2,1-2H3,(H,21,25)(H,27,28)/t14-/m0/s1. The van der Waals surface area contributed by atoms with E-state index in [4.69, 9.17) is 11.6 Å². The molecule has 1 aliphatic rings. The van der Waals surface area contributed by atoms with Gasteiger partial charge in [0.25, 0.3) is 0 Å². The first kappa shape index (κ1) is 22.1. The Morgan fingerprint density at radius 3 is 2.21 bits per heavy atom. The normalized spacial score (nSPS) is 16.4. The topological polar surface area (TPSA) is 93.2 Å². The molecule has 0 saturated carbocycles. The van der Waals surface area contributed by atoms with E-state index in [0.29, 0.717) is 50.0 Å². The Bertz CT molecular complexity index is 688. The van der Waals surface area contributed by atoms with E-state index in [1.807, 2.05) is 4.90 Å². The molecule has 1 aromatic carbocycles. The summed E-state index contributed by atoms with van der Waals surface area (Å²) in [7, 11) is 3.45. The molecule has 154 valence electrons. The van der Waals surface area contributed by atoms with Crippen LogP contribution in [0.3, 0.4) is 0 Å². The largest absolute Gasteiger partial charge is 0.481 e. The zero-order valence-corrected chi connectivity index (χ0v) is 17.0. The Kier molecular flexibility index (Phi) is 8.22. The van der Waals surface area contributed by atoms with Gasteiger partial charge in [-0.1, -0.05) is 11.6 Å². The number of rotatable bonds is 8. The number of carbonyl (C=O) groups excluding carboxylic acids is 2. The zero-order valence-electron chi connectivity index (χ0n) is 16.2. The molecule has 0 radical (unpaired) electrons. The molecule has 8 nitrogen and oxygen atoms in total. The van der Waals surface area contributed by atoms with Crippen LogP contribution in [-0.4, -0.2) is 91.0 Å². The molecule has 1 aromatic rings. The number of piperazine rings is 1. The van der Waals surface area contributed by atoms with Crippen molar-refractivity contribution >= 4 is 35.1 Å². The number of amides is 2. The number of anilines is 1. The predicted octanol–water partition coefficient (Wildman–Crippen LogP) is 1.08. The average Bonchev–Trinajstić information content (AvgIpc) is 2.64. The summed E-state index contributed by atoms with van der Waals surface area (Å²) < 4.78 is 0. The van der Waals surface area contributed by atoms with E-state index >= 15 is 0 Å². The van der Waals surface area contributed by atoms with Gasteiger partial charge in [0.15, 0.2) is 0 Å². The summed E-state index contributed by atoms with van der Waals surface area (Å²) in [5.74, 6) is -2.07. The minimum absolute atomic E-state index is 0.0516. The second-order valence-corrected chi connectivity index (χ2v) is 7.60. The minimum atomic E-state index is -0.989. The van der Waals surface area contributed by atoms with Crippen LogP contribution in [0.4, 0.5) is 5.69 Å². The quantitative estimate of drug-likeness (QED) is 0.666. The second-order valence-electron chi connectivity index (χ2n) is 7.16. The number of aliphatic carboxylic acids is 1. The maximum absolute atomic E-state index is 12.2. The second kappa shape index (κ2) is 10.4. The molecule has 0 aliphatic carbocycles. The summed E-state index contributed by atoms with van der Waals surface area (Å²) in [6.45, 7) is 3.41. The molecule has 1 heterocycles. The molecule has 28 heavy (non-hydrogen) atoms. The zero-order chi connectivity index (χ0) is 20.7. The summed E-state index contributed by atoms with van der Waals surface area (Å²) in [4.78, 5) is 41.3. The van der Waals surface area contributed by atoms with E-state index in [1.165, 1.54) is 0 Å². The fourth-order valence-corrected chi connectivity index (χ4v) is 3.10. The molecule has 0 bridgehead atoms. The van der Waals surface area contributed by atoms with E-state index in [1.54, 1.807) is 43.3 Å². The Balaban J connectivity index is 1.81. The van der Waals surface area contributed by atoms with E-state index < -0.39 is 11.9 Å². The van der Waals surface area contributed by atoms with E-state index in [9.17, 15) is 19.5 Å². The maximum atomic E-state index is 12.2. The van der Waals surface area contributed by atoms with Crippen molar-refractivity contribution in [2.45, 2.75) is 6.42 Å². The molecule has 0 spiro atoms. The van der Waals surface area contributed by atoms with Gasteiger partial charge < -0.3 is 15.3 Å². The number of carboxylic acid groups (broad SMARTS) is 1. The first-order chi connectivity index (χ1) is 13.2. The van der Waals surface area contributed by atoms with Crippen LogP contribution >= 0.6 is 11.6 Å². The lowest BCUT2D eigenvalue weighted by Gasteiger charge is -2.35. The van der Waals surface area contributed by atoms with Crippen LogP contribution < -0.4 is 5.32 Å². The molecular formula is C19H27ClN4O4. The summed E-state index contributed by atoms with van der Waals surface area (Å²) in [5.41, 5.74) is 0.581. The Morgan fingerprint density at radius 1 is 1.11 bits per heavy atom. The maximum Gasteiger partial charge on any atom is 0.308 e. The number of halogens is 1.